The van der Waals surface area contributed by atoms with Crippen molar-refractivity contribution in [3.05, 3.63) is 30.5 Å². The zero-order chi connectivity index (χ0) is 12.3. The van der Waals surface area contributed by atoms with Gasteiger partial charge in [0.15, 0.2) is 0 Å². The van der Waals surface area contributed by atoms with Gasteiger partial charge in [0.25, 0.3) is 0 Å². The molecule has 0 radical (unpaired) electrons. The van der Waals surface area contributed by atoms with Gasteiger partial charge in [0.05, 0.1) is 6.61 Å². The lowest BCUT2D eigenvalue weighted by atomic mass is 10.2. The second kappa shape index (κ2) is 5.04. The predicted octanol–water partition coefficient (Wildman–Crippen LogP) is 3.64. The van der Waals surface area contributed by atoms with Crippen molar-refractivity contribution in [3.8, 4) is 5.75 Å². The van der Waals surface area contributed by atoms with Gasteiger partial charge >= 0.3 is 0 Å². The average molecular weight is 230 g/mol. The van der Waals surface area contributed by atoms with Crippen LogP contribution in [-0.4, -0.2) is 17.4 Å². The molecule has 0 spiro atoms. The molecular formula is C14H18N2O. The molecule has 17 heavy (non-hydrogen) atoms. The Kier molecular flexibility index (Phi) is 3.47. The number of ether oxygens (including phenoxy) is 1. The summed E-state index contributed by atoms with van der Waals surface area (Å²) in [5.74, 6) is 0.876. The van der Waals surface area contributed by atoms with Crippen LogP contribution < -0.4 is 4.74 Å². The molecule has 1 aromatic carbocycles. The van der Waals surface area contributed by atoms with Gasteiger partial charge in [-0.2, -0.15) is 0 Å². The normalized spacial score (nSPS) is 11.0. The first kappa shape index (κ1) is 11.7. The molecule has 3 heteroatoms. The Bertz CT molecular complexity index is 514. The van der Waals surface area contributed by atoms with Crippen LogP contribution in [0.1, 0.15) is 26.3 Å². The number of rotatable bonds is 5. The van der Waals surface area contributed by atoms with Crippen LogP contribution in [0.3, 0.4) is 0 Å². The molecule has 0 atom stereocenters. The first-order chi connectivity index (χ1) is 8.22. The van der Waals surface area contributed by atoms with Gasteiger partial charge in [-0.25, -0.2) is 0 Å². The first-order valence-corrected chi connectivity index (χ1v) is 5.94. The van der Waals surface area contributed by atoms with Gasteiger partial charge in [-0.15, -0.1) is 0 Å². The quantitative estimate of drug-likeness (QED) is 0.618. The minimum absolute atomic E-state index is 0.470. The maximum Gasteiger partial charge on any atom is 0.120 e. The van der Waals surface area contributed by atoms with E-state index in [2.05, 4.69) is 42.8 Å². The summed E-state index contributed by atoms with van der Waals surface area (Å²) < 4.78 is 7.81. The maximum absolute atomic E-state index is 6.94. The minimum Gasteiger partial charge on any atom is -0.493 e. The number of aromatic nitrogens is 1. The monoisotopic (exact) mass is 230 g/mol. The van der Waals surface area contributed by atoms with E-state index in [1.807, 2.05) is 6.07 Å². The zero-order valence-corrected chi connectivity index (χ0v) is 10.3. The average Bonchev–Trinajstić information content (AvgIpc) is 2.72. The van der Waals surface area contributed by atoms with Gasteiger partial charge in [0.1, 0.15) is 5.75 Å². The third kappa shape index (κ3) is 2.49. The molecule has 0 unspecified atom stereocenters. The van der Waals surface area contributed by atoms with Crippen LogP contribution >= 0.6 is 0 Å². The molecule has 0 saturated carbocycles. The molecule has 0 saturated heterocycles. The molecule has 0 fully saturated rings. The molecule has 1 aromatic heterocycles. The first-order valence-electron chi connectivity index (χ1n) is 5.94. The van der Waals surface area contributed by atoms with Crippen LogP contribution in [-0.2, 0) is 0 Å². The molecule has 2 aromatic rings. The van der Waals surface area contributed by atoms with E-state index in [0.29, 0.717) is 19.1 Å². The van der Waals surface area contributed by atoms with E-state index < -0.39 is 0 Å². The smallest absolute Gasteiger partial charge is 0.120 e. The number of hydrogen-bond acceptors (Lipinski definition) is 2. The van der Waals surface area contributed by atoms with Crippen LogP contribution in [0.15, 0.2) is 30.5 Å². The Morgan fingerprint density at radius 3 is 2.88 bits per heavy atom. The van der Waals surface area contributed by atoms with E-state index >= 15 is 0 Å². The predicted molar refractivity (Wildman–Crippen MR) is 71.2 cm³/mol. The summed E-state index contributed by atoms with van der Waals surface area (Å²) in [5.41, 5.74) is 1.24. The van der Waals surface area contributed by atoms with Crippen molar-refractivity contribution in [2.24, 2.45) is 0 Å². The SMILES string of the molecule is CC(C)n1ccc2cc(OCCC=N)ccc21. The molecule has 90 valence electrons. The van der Waals surface area contributed by atoms with Crippen molar-refractivity contribution in [2.45, 2.75) is 26.3 Å². The van der Waals surface area contributed by atoms with Gasteiger partial charge in [-0.05, 0) is 44.3 Å². The molecule has 0 bridgehead atoms. The zero-order valence-electron chi connectivity index (χ0n) is 10.3. The van der Waals surface area contributed by atoms with Crippen molar-refractivity contribution in [1.29, 1.82) is 5.41 Å². The van der Waals surface area contributed by atoms with Crippen molar-refractivity contribution in [1.82, 2.24) is 4.57 Å². The van der Waals surface area contributed by atoms with E-state index in [0.717, 1.165) is 5.75 Å². The lowest BCUT2D eigenvalue weighted by Crippen LogP contribution is -1.99. The Labute approximate surface area is 102 Å². The summed E-state index contributed by atoms with van der Waals surface area (Å²) in [6.07, 6.45) is 4.13. The topological polar surface area (TPSA) is 38.0 Å². The van der Waals surface area contributed by atoms with Crippen LogP contribution in [0.5, 0.6) is 5.75 Å². The van der Waals surface area contributed by atoms with Gasteiger partial charge in [-0.1, -0.05) is 0 Å². The molecule has 1 N–H and O–H groups in total. The highest BCUT2D eigenvalue weighted by atomic mass is 16.5. The third-order valence-electron chi connectivity index (χ3n) is 2.78. The molecule has 0 aliphatic heterocycles. The van der Waals surface area contributed by atoms with E-state index in [1.165, 1.54) is 17.1 Å². The summed E-state index contributed by atoms with van der Waals surface area (Å²) >= 11 is 0. The second-order valence-electron chi connectivity index (χ2n) is 4.38. The Morgan fingerprint density at radius 1 is 1.35 bits per heavy atom. The molecular weight excluding hydrogens is 212 g/mol. The highest BCUT2D eigenvalue weighted by Crippen LogP contribution is 2.24. The van der Waals surface area contributed by atoms with Crippen LogP contribution in [0.2, 0.25) is 0 Å². The maximum atomic E-state index is 6.94. The van der Waals surface area contributed by atoms with Crippen molar-refractivity contribution >= 4 is 17.1 Å². The van der Waals surface area contributed by atoms with Crippen molar-refractivity contribution in [3.63, 3.8) is 0 Å². The fraction of sp³-hybridized carbons (Fsp3) is 0.357. The number of nitrogens with zero attached hydrogens (tertiary/aromatic N) is 1. The largest absolute Gasteiger partial charge is 0.493 e. The van der Waals surface area contributed by atoms with Gasteiger partial charge in [-0.3, -0.25) is 0 Å². The van der Waals surface area contributed by atoms with E-state index in [-0.39, 0.29) is 0 Å². The number of benzene rings is 1. The van der Waals surface area contributed by atoms with Crippen molar-refractivity contribution in [2.75, 3.05) is 6.61 Å². The Hall–Kier alpha value is -1.77. The Morgan fingerprint density at radius 2 is 2.18 bits per heavy atom. The van der Waals surface area contributed by atoms with Gasteiger partial charge in [0.2, 0.25) is 0 Å². The summed E-state index contributed by atoms with van der Waals surface area (Å²) in [7, 11) is 0. The van der Waals surface area contributed by atoms with E-state index in [1.54, 1.807) is 0 Å². The lowest BCUT2D eigenvalue weighted by molar-refractivity contribution is 0.330. The molecule has 2 rings (SSSR count). The second-order valence-corrected chi connectivity index (χ2v) is 4.38. The molecule has 1 heterocycles. The van der Waals surface area contributed by atoms with Gasteiger partial charge in [0, 0.05) is 29.6 Å². The molecule has 0 aliphatic carbocycles. The number of fused-ring (bicyclic) bond motifs is 1. The summed E-state index contributed by atoms with van der Waals surface area (Å²) in [4.78, 5) is 0. The standard InChI is InChI=1S/C14H18N2O/c1-11(2)16-8-6-12-10-13(4-5-14(12)16)17-9-3-7-15/h4-8,10-11,15H,3,9H2,1-2H3. The van der Waals surface area contributed by atoms with Crippen molar-refractivity contribution < 1.29 is 4.74 Å². The molecule has 0 aliphatic rings. The Balaban J connectivity index is 2.23. The molecule has 0 amide bonds. The fourth-order valence-electron chi connectivity index (χ4n) is 1.92. The summed E-state index contributed by atoms with van der Waals surface area (Å²) in [6.45, 7) is 4.92. The van der Waals surface area contributed by atoms with Crippen LogP contribution in [0.25, 0.3) is 10.9 Å². The fourth-order valence-corrected chi connectivity index (χ4v) is 1.92. The lowest BCUT2D eigenvalue weighted by Gasteiger charge is -2.10. The molecule has 3 nitrogen and oxygen atoms in total. The number of hydrogen-bond donors (Lipinski definition) is 1. The third-order valence-corrected chi connectivity index (χ3v) is 2.78. The highest BCUT2D eigenvalue weighted by Gasteiger charge is 2.04. The van der Waals surface area contributed by atoms with Crippen LogP contribution in [0, 0.1) is 5.41 Å². The van der Waals surface area contributed by atoms with E-state index in [9.17, 15) is 0 Å². The van der Waals surface area contributed by atoms with Gasteiger partial charge < -0.3 is 14.7 Å². The summed E-state index contributed by atoms with van der Waals surface area (Å²) in [5, 5.41) is 8.14. The number of nitrogens with one attached hydrogen (secondary N) is 1. The van der Waals surface area contributed by atoms with E-state index in [4.69, 9.17) is 10.1 Å². The minimum atomic E-state index is 0.470. The van der Waals surface area contributed by atoms with Crippen LogP contribution in [0.4, 0.5) is 0 Å². The highest BCUT2D eigenvalue weighted by molar-refractivity contribution is 5.81. The summed E-state index contributed by atoms with van der Waals surface area (Å²) in [6, 6.07) is 8.72.